The van der Waals surface area contributed by atoms with Gasteiger partial charge in [-0.2, -0.15) is 0 Å². The second-order valence-electron chi connectivity index (χ2n) is 3.55. The first-order chi connectivity index (χ1) is 8.28. The average Bonchev–Trinajstić information content (AvgIpc) is 2.67. The number of nitrogens with zero attached hydrogens (tertiary/aromatic N) is 2. The molecule has 0 atom stereocenters. The molecule has 0 unspecified atom stereocenters. The van der Waals surface area contributed by atoms with Crippen molar-refractivity contribution in [3.8, 4) is 0 Å². The van der Waals surface area contributed by atoms with Crippen molar-refractivity contribution in [2.75, 3.05) is 5.32 Å². The van der Waals surface area contributed by atoms with Gasteiger partial charge in [-0.15, -0.1) is 0 Å². The fourth-order valence-electron chi connectivity index (χ4n) is 1.79. The highest BCUT2D eigenvalue weighted by Gasteiger charge is 2.07. The van der Waals surface area contributed by atoms with E-state index in [1.54, 1.807) is 12.4 Å². The van der Waals surface area contributed by atoms with E-state index >= 15 is 0 Å². The summed E-state index contributed by atoms with van der Waals surface area (Å²) in [4.78, 5) is 21.9. The largest absolute Gasteiger partial charge is 0.338 e. The van der Waals surface area contributed by atoms with Crippen LogP contribution in [0.3, 0.4) is 0 Å². The average molecular weight is 291 g/mol. The number of nitrogens with one attached hydrogen (secondary N) is 2. The maximum absolute atomic E-state index is 10.4. The van der Waals surface area contributed by atoms with Gasteiger partial charge in [-0.05, 0) is 28.1 Å². The summed E-state index contributed by atoms with van der Waals surface area (Å²) in [6.07, 6.45) is 4.02. The number of carbonyl (C=O) groups excluding carboxylic acids is 1. The monoisotopic (exact) mass is 290 g/mol. The number of H-pyrrole nitrogens is 1. The molecular formula is C11H7BrN4O. The van der Waals surface area contributed by atoms with E-state index in [4.69, 9.17) is 0 Å². The summed E-state index contributed by atoms with van der Waals surface area (Å²) in [5, 5.41) is 4.50. The molecule has 0 saturated carbocycles. The maximum Gasteiger partial charge on any atom is 0.212 e. The first-order valence-electron chi connectivity index (χ1n) is 4.91. The number of aromatic nitrogens is 3. The Morgan fingerprint density at radius 3 is 2.94 bits per heavy atom. The molecule has 3 aromatic heterocycles. The van der Waals surface area contributed by atoms with Gasteiger partial charge in [0.15, 0.2) is 0 Å². The Bertz CT molecular complexity index is 722. The van der Waals surface area contributed by atoms with Gasteiger partial charge in [0.05, 0.1) is 11.7 Å². The highest BCUT2D eigenvalue weighted by Crippen LogP contribution is 2.27. The number of halogens is 1. The van der Waals surface area contributed by atoms with E-state index in [0.29, 0.717) is 12.2 Å². The van der Waals surface area contributed by atoms with Gasteiger partial charge in [0.1, 0.15) is 11.5 Å². The SMILES string of the molecule is O=CNc1cc2c(cn1)[nH]c1ncc(Br)cc12. The van der Waals surface area contributed by atoms with Crippen molar-refractivity contribution in [3.63, 3.8) is 0 Å². The zero-order valence-electron chi connectivity index (χ0n) is 8.57. The summed E-state index contributed by atoms with van der Waals surface area (Å²) in [7, 11) is 0. The number of fused-ring (bicyclic) bond motifs is 3. The lowest BCUT2D eigenvalue weighted by atomic mass is 10.2. The van der Waals surface area contributed by atoms with Crippen LogP contribution >= 0.6 is 15.9 Å². The van der Waals surface area contributed by atoms with Crippen LogP contribution in [-0.2, 0) is 4.79 Å². The highest BCUT2D eigenvalue weighted by atomic mass is 79.9. The molecule has 0 aliphatic carbocycles. The molecular weight excluding hydrogens is 284 g/mol. The number of carbonyl (C=O) groups is 1. The van der Waals surface area contributed by atoms with E-state index in [1.165, 1.54) is 0 Å². The van der Waals surface area contributed by atoms with Gasteiger partial charge < -0.3 is 10.3 Å². The number of hydrogen-bond acceptors (Lipinski definition) is 3. The molecule has 0 aliphatic rings. The fourth-order valence-corrected chi connectivity index (χ4v) is 2.12. The third kappa shape index (κ3) is 1.66. The summed E-state index contributed by atoms with van der Waals surface area (Å²) in [6.45, 7) is 0. The molecule has 3 heterocycles. The van der Waals surface area contributed by atoms with Crippen LogP contribution in [-0.4, -0.2) is 21.4 Å². The first kappa shape index (κ1) is 10.2. The van der Waals surface area contributed by atoms with Crippen molar-refractivity contribution in [2.45, 2.75) is 0 Å². The minimum atomic E-state index is 0.522. The van der Waals surface area contributed by atoms with Crippen molar-refractivity contribution in [3.05, 3.63) is 29.0 Å². The summed E-state index contributed by atoms with van der Waals surface area (Å²) < 4.78 is 0.910. The van der Waals surface area contributed by atoms with E-state index < -0.39 is 0 Å². The van der Waals surface area contributed by atoms with Crippen molar-refractivity contribution in [1.29, 1.82) is 0 Å². The lowest BCUT2D eigenvalue weighted by Crippen LogP contribution is -1.95. The van der Waals surface area contributed by atoms with Gasteiger partial charge >= 0.3 is 0 Å². The number of hydrogen-bond donors (Lipinski definition) is 2. The molecule has 3 rings (SSSR count). The Kier molecular flexibility index (Phi) is 2.29. The lowest BCUT2D eigenvalue weighted by Gasteiger charge is -1.97. The molecule has 5 nitrogen and oxygen atoms in total. The molecule has 0 radical (unpaired) electrons. The third-order valence-corrected chi connectivity index (χ3v) is 2.94. The van der Waals surface area contributed by atoms with Crippen LogP contribution in [0.5, 0.6) is 0 Å². The summed E-state index contributed by atoms with van der Waals surface area (Å²) >= 11 is 3.39. The van der Waals surface area contributed by atoms with Gasteiger partial charge in [0, 0.05) is 21.4 Å². The molecule has 0 spiro atoms. The van der Waals surface area contributed by atoms with Crippen LogP contribution in [0.15, 0.2) is 29.0 Å². The number of amides is 1. The fraction of sp³-hybridized carbons (Fsp3) is 0. The van der Waals surface area contributed by atoms with Crippen LogP contribution in [0.2, 0.25) is 0 Å². The predicted molar refractivity (Wildman–Crippen MR) is 68.8 cm³/mol. The number of aromatic amines is 1. The summed E-state index contributed by atoms with van der Waals surface area (Å²) in [6, 6.07) is 3.79. The Hall–Kier alpha value is -1.95. The lowest BCUT2D eigenvalue weighted by molar-refractivity contribution is -0.105. The van der Waals surface area contributed by atoms with E-state index in [9.17, 15) is 4.79 Å². The molecule has 2 N–H and O–H groups in total. The van der Waals surface area contributed by atoms with Gasteiger partial charge in [0.25, 0.3) is 0 Å². The second kappa shape index (κ2) is 3.81. The van der Waals surface area contributed by atoms with E-state index in [0.717, 1.165) is 26.4 Å². The van der Waals surface area contributed by atoms with Gasteiger partial charge in [-0.1, -0.05) is 0 Å². The molecule has 0 aromatic carbocycles. The van der Waals surface area contributed by atoms with E-state index in [1.807, 2.05) is 12.1 Å². The molecule has 3 aromatic rings. The normalized spacial score (nSPS) is 10.9. The Morgan fingerprint density at radius 1 is 1.24 bits per heavy atom. The van der Waals surface area contributed by atoms with Crippen LogP contribution in [0.25, 0.3) is 21.9 Å². The molecule has 0 aliphatic heterocycles. The van der Waals surface area contributed by atoms with Crippen LogP contribution < -0.4 is 5.32 Å². The smallest absolute Gasteiger partial charge is 0.212 e. The second-order valence-corrected chi connectivity index (χ2v) is 4.47. The molecule has 17 heavy (non-hydrogen) atoms. The Balaban J connectivity index is 2.35. The van der Waals surface area contributed by atoms with Crippen LogP contribution in [0, 0.1) is 0 Å². The third-order valence-electron chi connectivity index (χ3n) is 2.51. The van der Waals surface area contributed by atoms with Gasteiger partial charge in [0.2, 0.25) is 6.41 Å². The Morgan fingerprint density at radius 2 is 2.12 bits per heavy atom. The quantitative estimate of drug-likeness (QED) is 0.712. The molecule has 0 fully saturated rings. The van der Waals surface area contributed by atoms with Crippen LogP contribution in [0.4, 0.5) is 5.82 Å². The zero-order valence-corrected chi connectivity index (χ0v) is 10.2. The topological polar surface area (TPSA) is 70.7 Å². The predicted octanol–water partition coefficient (Wildman–Crippen LogP) is 2.44. The molecule has 0 bridgehead atoms. The van der Waals surface area contributed by atoms with E-state index in [-0.39, 0.29) is 0 Å². The van der Waals surface area contributed by atoms with Crippen molar-refractivity contribution in [1.82, 2.24) is 15.0 Å². The minimum absolute atomic E-state index is 0.522. The van der Waals surface area contributed by atoms with Crippen LogP contribution in [0.1, 0.15) is 0 Å². The maximum atomic E-state index is 10.4. The van der Waals surface area contributed by atoms with Crippen molar-refractivity contribution < 1.29 is 4.79 Å². The van der Waals surface area contributed by atoms with Gasteiger partial charge in [-0.3, -0.25) is 4.79 Å². The molecule has 1 amide bonds. The summed E-state index contributed by atoms with van der Waals surface area (Å²) in [5.41, 5.74) is 1.69. The van der Waals surface area contributed by atoms with Gasteiger partial charge in [-0.25, -0.2) is 9.97 Å². The summed E-state index contributed by atoms with van der Waals surface area (Å²) in [5.74, 6) is 0.522. The number of anilines is 1. The van der Waals surface area contributed by atoms with E-state index in [2.05, 4.69) is 36.2 Å². The molecule has 0 saturated heterocycles. The highest BCUT2D eigenvalue weighted by molar-refractivity contribution is 9.10. The molecule has 6 heteroatoms. The first-order valence-corrected chi connectivity index (χ1v) is 5.70. The number of pyridine rings is 2. The molecule has 84 valence electrons. The number of rotatable bonds is 2. The Labute approximate surface area is 104 Å². The zero-order chi connectivity index (χ0) is 11.8. The standard InChI is InChI=1S/C11H7BrN4O/c12-6-1-8-7-2-10(15-5-17)13-4-9(7)16-11(8)14-3-6/h1-5H,(H,14,16)(H,13,15,17). The van der Waals surface area contributed by atoms with Crippen molar-refractivity contribution in [2.24, 2.45) is 0 Å². The minimum Gasteiger partial charge on any atom is -0.338 e. The van der Waals surface area contributed by atoms with Crippen molar-refractivity contribution >= 4 is 50.1 Å².